The SMILES string of the molecule is CN1CCCC(NC(=O)CCC2CCNCC2)C1=O.Cl. The second kappa shape index (κ2) is 8.47. The third kappa shape index (κ3) is 4.94. The normalized spacial score (nSPS) is 24.1. The number of likely N-dealkylation sites (tertiary alicyclic amines) is 1. The van der Waals surface area contributed by atoms with Gasteiger partial charge in [-0.1, -0.05) is 0 Å². The number of rotatable bonds is 4. The van der Waals surface area contributed by atoms with Crippen molar-refractivity contribution in [3.63, 3.8) is 0 Å². The van der Waals surface area contributed by atoms with Crippen LogP contribution in [0.4, 0.5) is 0 Å². The molecule has 2 N–H and O–H groups in total. The minimum absolute atomic E-state index is 0. The number of halogens is 1. The van der Waals surface area contributed by atoms with Crippen LogP contribution in [0.15, 0.2) is 0 Å². The third-order valence-corrected chi connectivity index (χ3v) is 4.23. The molecule has 0 aromatic heterocycles. The molecule has 2 saturated heterocycles. The van der Waals surface area contributed by atoms with Crippen LogP contribution < -0.4 is 10.6 Å². The smallest absolute Gasteiger partial charge is 0.244 e. The summed E-state index contributed by atoms with van der Waals surface area (Å²) >= 11 is 0. The van der Waals surface area contributed by atoms with Gasteiger partial charge in [0, 0.05) is 20.0 Å². The first-order valence-electron chi connectivity index (χ1n) is 7.42. The average molecular weight is 304 g/mol. The van der Waals surface area contributed by atoms with Gasteiger partial charge in [0.15, 0.2) is 0 Å². The van der Waals surface area contributed by atoms with E-state index < -0.39 is 0 Å². The summed E-state index contributed by atoms with van der Waals surface area (Å²) in [7, 11) is 1.80. The highest BCUT2D eigenvalue weighted by Gasteiger charge is 2.27. The van der Waals surface area contributed by atoms with Crippen LogP contribution in [0.1, 0.15) is 38.5 Å². The van der Waals surface area contributed by atoms with Crippen molar-refractivity contribution in [2.75, 3.05) is 26.7 Å². The lowest BCUT2D eigenvalue weighted by Gasteiger charge is -2.30. The molecule has 2 rings (SSSR count). The van der Waals surface area contributed by atoms with Crippen molar-refractivity contribution in [1.29, 1.82) is 0 Å². The van der Waals surface area contributed by atoms with Crippen molar-refractivity contribution in [2.45, 2.75) is 44.6 Å². The van der Waals surface area contributed by atoms with E-state index >= 15 is 0 Å². The van der Waals surface area contributed by atoms with Crippen molar-refractivity contribution < 1.29 is 9.59 Å². The van der Waals surface area contributed by atoms with Gasteiger partial charge in [0.2, 0.25) is 11.8 Å². The molecule has 2 aliphatic rings. The molecule has 0 spiro atoms. The van der Waals surface area contributed by atoms with E-state index in [-0.39, 0.29) is 30.3 Å². The molecule has 1 unspecified atom stereocenters. The van der Waals surface area contributed by atoms with E-state index in [1.165, 1.54) is 12.8 Å². The molecule has 2 fully saturated rings. The van der Waals surface area contributed by atoms with Crippen LogP contribution in [-0.2, 0) is 9.59 Å². The monoisotopic (exact) mass is 303 g/mol. The van der Waals surface area contributed by atoms with E-state index in [1.54, 1.807) is 11.9 Å². The van der Waals surface area contributed by atoms with Gasteiger partial charge in [0.05, 0.1) is 0 Å². The van der Waals surface area contributed by atoms with Gasteiger partial charge < -0.3 is 15.5 Å². The number of carbonyl (C=O) groups is 2. The van der Waals surface area contributed by atoms with E-state index in [0.29, 0.717) is 12.3 Å². The summed E-state index contributed by atoms with van der Waals surface area (Å²) in [6.07, 6.45) is 5.59. The Hall–Kier alpha value is -0.810. The lowest BCUT2D eigenvalue weighted by Crippen LogP contribution is -2.50. The fourth-order valence-electron chi connectivity index (χ4n) is 2.94. The number of hydrogen-bond acceptors (Lipinski definition) is 3. The first-order valence-corrected chi connectivity index (χ1v) is 7.42. The molecule has 0 aliphatic carbocycles. The lowest BCUT2D eigenvalue weighted by molar-refractivity contribution is -0.137. The molecule has 0 radical (unpaired) electrons. The zero-order valence-electron chi connectivity index (χ0n) is 12.2. The second-order valence-electron chi connectivity index (χ2n) is 5.75. The van der Waals surface area contributed by atoms with Gasteiger partial charge in [-0.25, -0.2) is 0 Å². The van der Waals surface area contributed by atoms with Crippen molar-refractivity contribution in [2.24, 2.45) is 5.92 Å². The summed E-state index contributed by atoms with van der Waals surface area (Å²) in [5, 5.41) is 6.22. The molecule has 6 heteroatoms. The van der Waals surface area contributed by atoms with Crippen LogP contribution >= 0.6 is 12.4 Å². The van der Waals surface area contributed by atoms with Gasteiger partial charge in [0.1, 0.15) is 6.04 Å². The van der Waals surface area contributed by atoms with Crippen molar-refractivity contribution in [1.82, 2.24) is 15.5 Å². The Morgan fingerprint density at radius 1 is 1.35 bits per heavy atom. The number of piperidine rings is 2. The van der Waals surface area contributed by atoms with Gasteiger partial charge in [0.25, 0.3) is 0 Å². The zero-order chi connectivity index (χ0) is 13.7. The van der Waals surface area contributed by atoms with Gasteiger partial charge in [-0.2, -0.15) is 0 Å². The highest BCUT2D eigenvalue weighted by atomic mass is 35.5. The molecule has 0 aromatic carbocycles. The number of nitrogens with zero attached hydrogens (tertiary/aromatic N) is 1. The van der Waals surface area contributed by atoms with Gasteiger partial charge in [-0.05, 0) is 51.1 Å². The first-order chi connectivity index (χ1) is 9.16. The fourth-order valence-corrected chi connectivity index (χ4v) is 2.94. The Bertz CT molecular complexity index is 332. The number of likely N-dealkylation sites (N-methyl/N-ethyl adjacent to an activating group) is 1. The largest absolute Gasteiger partial charge is 0.344 e. The van der Waals surface area contributed by atoms with Crippen LogP contribution in [-0.4, -0.2) is 49.4 Å². The highest BCUT2D eigenvalue weighted by Crippen LogP contribution is 2.18. The van der Waals surface area contributed by atoms with Crippen LogP contribution in [0.5, 0.6) is 0 Å². The molecule has 116 valence electrons. The molecule has 5 nitrogen and oxygen atoms in total. The highest BCUT2D eigenvalue weighted by molar-refractivity contribution is 5.88. The summed E-state index contributed by atoms with van der Waals surface area (Å²) in [6, 6.07) is -0.292. The molecule has 2 amide bonds. The Morgan fingerprint density at radius 2 is 2.05 bits per heavy atom. The van der Waals surface area contributed by atoms with E-state index in [1.807, 2.05) is 0 Å². The second-order valence-corrected chi connectivity index (χ2v) is 5.75. The van der Waals surface area contributed by atoms with Crippen molar-refractivity contribution in [3.8, 4) is 0 Å². The molecule has 0 aromatic rings. The van der Waals surface area contributed by atoms with Crippen LogP contribution in [0.3, 0.4) is 0 Å². The van der Waals surface area contributed by atoms with Crippen LogP contribution in [0, 0.1) is 5.92 Å². The van der Waals surface area contributed by atoms with Gasteiger partial charge >= 0.3 is 0 Å². The molecule has 1 atom stereocenters. The summed E-state index contributed by atoms with van der Waals surface area (Å²) in [6.45, 7) is 2.94. The summed E-state index contributed by atoms with van der Waals surface area (Å²) < 4.78 is 0. The maximum absolute atomic E-state index is 11.9. The Kier molecular flexibility index (Phi) is 7.30. The topological polar surface area (TPSA) is 61.4 Å². The van der Waals surface area contributed by atoms with Gasteiger partial charge in [-0.15, -0.1) is 12.4 Å². The Balaban J connectivity index is 0.00000200. The Morgan fingerprint density at radius 3 is 2.75 bits per heavy atom. The number of amides is 2. The average Bonchev–Trinajstić information content (AvgIpc) is 2.43. The van der Waals surface area contributed by atoms with Crippen LogP contribution in [0.2, 0.25) is 0 Å². The summed E-state index contributed by atoms with van der Waals surface area (Å²) in [5.74, 6) is 0.755. The predicted molar refractivity (Wildman–Crippen MR) is 80.9 cm³/mol. The maximum atomic E-state index is 11.9. The minimum atomic E-state index is -0.292. The standard InChI is InChI=1S/C14H25N3O2.ClH/c1-17-10-2-3-12(14(17)19)16-13(18)5-4-11-6-8-15-9-7-11;/h11-12,15H,2-10H2,1H3,(H,16,18);1H. The summed E-state index contributed by atoms with van der Waals surface area (Å²) in [5.41, 5.74) is 0. The lowest BCUT2D eigenvalue weighted by atomic mass is 9.93. The molecule has 2 aliphatic heterocycles. The zero-order valence-corrected chi connectivity index (χ0v) is 13.0. The first kappa shape index (κ1) is 17.2. The van der Waals surface area contributed by atoms with E-state index in [2.05, 4.69) is 10.6 Å². The van der Waals surface area contributed by atoms with Gasteiger partial charge in [-0.3, -0.25) is 9.59 Å². The van der Waals surface area contributed by atoms with E-state index in [0.717, 1.165) is 38.9 Å². The Labute approximate surface area is 127 Å². The molecule has 2 heterocycles. The molecule has 0 saturated carbocycles. The van der Waals surface area contributed by atoms with E-state index in [4.69, 9.17) is 0 Å². The maximum Gasteiger partial charge on any atom is 0.244 e. The molecule has 0 bridgehead atoms. The molecular formula is C14H26ClN3O2. The number of nitrogens with one attached hydrogen (secondary N) is 2. The third-order valence-electron chi connectivity index (χ3n) is 4.23. The van der Waals surface area contributed by atoms with E-state index in [9.17, 15) is 9.59 Å². The molecule has 20 heavy (non-hydrogen) atoms. The summed E-state index contributed by atoms with van der Waals surface area (Å²) in [4.78, 5) is 25.5. The predicted octanol–water partition coefficient (Wildman–Crippen LogP) is 0.925. The number of carbonyl (C=O) groups excluding carboxylic acids is 2. The van der Waals surface area contributed by atoms with Crippen molar-refractivity contribution in [3.05, 3.63) is 0 Å². The van der Waals surface area contributed by atoms with Crippen molar-refractivity contribution >= 4 is 24.2 Å². The molecular weight excluding hydrogens is 278 g/mol. The quantitative estimate of drug-likeness (QED) is 0.812. The minimum Gasteiger partial charge on any atom is -0.344 e. The number of hydrogen-bond donors (Lipinski definition) is 2. The fraction of sp³-hybridized carbons (Fsp3) is 0.857. The van der Waals surface area contributed by atoms with Crippen LogP contribution in [0.25, 0.3) is 0 Å².